The normalized spacial score (nSPS) is 23.1. The molecule has 1 aromatic carbocycles. The van der Waals surface area contributed by atoms with Gasteiger partial charge in [-0.25, -0.2) is 13.1 Å². The molecular formula is C15H23NO3S. The molecule has 2 rings (SSSR count). The van der Waals surface area contributed by atoms with Gasteiger partial charge in [0.05, 0.1) is 4.90 Å². The molecule has 2 atom stereocenters. The van der Waals surface area contributed by atoms with Gasteiger partial charge in [0.1, 0.15) is 0 Å². The summed E-state index contributed by atoms with van der Waals surface area (Å²) in [6.45, 7) is 2.79. The fourth-order valence-electron chi connectivity index (χ4n) is 2.79. The van der Waals surface area contributed by atoms with E-state index < -0.39 is 10.0 Å². The van der Waals surface area contributed by atoms with E-state index in [4.69, 9.17) is 5.11 Å². The van der Waals surface area contributed by atoms with Crippen molar-refractivity contribution in [1.82, 2.24) is 4.72 Å². The molecule has 5 heteroatoms. The van der Waals surface area contributed by atoms with Crippen molar-refractivity contribution in [3.63, 3.8) is 0 Å². The van der Waals surface area contributed by atoms with E-state index in [0.29, 0.717) is 29.7 Å². The quantitative estimate of drug-likeness (QED) is 0.843. The highest BCUT2D eigenvalue weighted by Gasteiger charge is 2.25. The topological polar surface area (TPSA) is 66.4 Å². The summed E-state index contributed by atoms with van der Waals surface area (Å²) in [7, 11) is -3.42. The van der Waals surface area contributed by atoms with Crippen LogP contribution in [0.2, 0.25) is 0 Å². The molecule has 1 aliphatic rings. The Labute approximate surface area is 121 Å². The molecule has 0 spiro atoms. The minimum atomic E-state index is -3.42. The highest BCUT2D eigenvalue weighted by molar-refractivity contribution is 7.89. The van der Waals surface area contributed by atoms with Crippen molar-refractivity contribution in [2.45, 2.75) is 37.5 Å². The molecule has 1 aliphatic carbocycles. The highest BCUT2D eigenvalue weighted by atomic mass is 32.2. The van der Waals surface area contributed by atoms with Gasteiger partial charge in [0.2, 0.25) is 10.0 Å². The van der Waals surface area contributed by atoms with Crippen molar-refractivity contribution in [3.05, 3.63) is 29.8 Å². The Kier molecular flexibility index (Phi) is 5.18. The van der Waals surface area contributed by atoms with Gasteiger partial charge in [-0.3, -0.25) is 0 Å². The highest BCUT2D eigenvalue weighted by Crippen LogP contribution is 2.30. The summed E-state index contributed by atoms with van der Waals surface area (Å²) >= 11 is 0. The van der Waals surface area contributed by atoms with E-state index in [9.17, 15) is 8.42 Å². The van der Waals surface area contributed by atoms with Crippen LogP contribution in [0.4, 0.5) is 0 Å². The zero-order valence-corrected chi connectivity index (χ0v) is 12.7. The molecule has 0 amide bonds. The van der Waals surface area contributed by atoms with Crippen molar-refractivity contribution in [3.8, 4) is 0 Å². The number of nitrogens with one attached hydrogen (secondary N) is 1. The van der Waals surface area contributed by atoms with Crippen LogP contribution in [0.3, 0.4) is 0 Å². The molecular weight excluding hydrogens is 274 g/mol. The molecule has 112 valence electrons. The fraction of sp³-hybridized carbons (Fsp3) is 0.600. The Hall–Kier alpha value is -0.910. The number of hydrogen-bond acceptors (Lipinski definition) is 3. The zero-order chi connectivity index (χ0) is 14.6. The second-order valence-corrected chi connectivity index (χ2v) is 7.40. The summed E-state index contributed by atoms with van der Waals surface area (Å²) in [4.78, 5) is 0.296. The average Bonchev–Trinajstić information content (AvgIpc) is 2.83. The van der Waals surface area contributed by atoms with Crippen molar-refractivity contribution in [2.75, 3.05) is 13.2 Å². The first kappa shape index (κ1) is 15.5. The van der Waals surface area contributed by atoms with Crippen molar-refractivity contribution in [2.24, 2.45) is 11.8 Å². The zero-order valence-electron chi connectivity index (χ0n) is 11.9. The molecule has 0 aromatic heterocycles. The van der Waals surface area contributed by atoms with Crippen LogP contribution in [0.25, 0.3) is 0 Å². The number of rotatable bonds is 6. The Balaban J connectivity index is 1.98. The molecule has 2 N–H and O–H groups in total. The first-order chi connectivity index (χ1) is 9.53. The van der Waals surface area contributed by atoms with Gasteiger partial charge in [-0.2, -0.15) is 0 Å². The lowest BCUT2D eigenvalue weighted by Gasteiger charge is -2.16. The first-order valence-electron chi connectivity index (χ1n) is 7.22. The van der Waals surface area contributed by atoms with E-state index in [-0.39, 0.29) is 6.61 Å². The second kappa shape index (κ2) is 6.70. The molecule has 0 saturated heterocycles. The Morgan fingerprint density at radius 1 is 1.25 bits per heavy atom. The van der Waals surface area contributed by atoms with Crippen LogP contribution in [0.15, 0.2) is 29.2 Å². The predicted molar refractivity (Wildman–Crippen MR) is 78.9 cm³/mol. The Bertz CT molecular complexity index is 525. The SMILES string of the molecule is CC1CCCC1CNS(=O)(=O)c1ccc(CCO)cc1. The van der Waals surface area contributed by atoms with Crippen LogP contribution in [0.1, 0.15) is 31.7 Å². The Morgan fingerprint density at radius 3 is 2.50 bits per heavy atom. The number of aliphatic hydroxyl groups is 1. The predicted octanol–water partition coefficient (Wildman–Crippen LogP) is 1.94. The molecule has 0 radical (unpaired) electrons. The van der Waals surface area contributed by atoms with Gasteiger partial charge in [0.25, 0.3) is 0 Å². The van der Waals surface area contributed by atoms with Gasteiger partial charge >= 0.3 is 0 Å². The summed E-state index contributed by atoms with van der Waals surface area (Å²) < 4.78 is 27.1. The lowest BCUT2D eigenvalue weighted by atomic mass is 9.99. The van der Waals surface area contributed by atoms with Gasteiger partial charge in [0.15, 0.2) is 0 Å². The van der Waals surface area contributed by atoms with Gasteiger partial charge in [-0.1, -0.05) is 31.9 Å². The van der Waals surface area contributed by atoms with Crippen molar-refractivity contribution >= 4 is 10.0 Å². The van der Waals surface area contributed by atoms with Gasteiger partial charge in [-0.05, 0) is 42.4 Å². The van der Waals surface area contributed by atoms with Crippen LogP contribution < -0.4 is 4.72 Å². The van der Waals surface area contributed by atoms with E-state index >= 15 is 0 Å². The maximum Gasteiger partial charge on any atom is 0.240 e. The van der Waals surface area contributed by atoms with Crippen LogP contribution in [-0.4, -0.2) is 26.7 Å². The van der Waals surface area contributed by atoms with Gasteiger partial charge < -0.3 is 5.11 Å². The standard InChI is InChI=1S/C15H23NO3S/c1-12-3-2-4-14(12)11-16-20(18,19)15-7-5-13(6-8-15)9-10-17/h5-8,12,14,16-17H,2-4,9-11H2,1H3. The lowest BCUT2D eigenvalue weighted by Crippen LogP contribution is -2.30. The maximum atomic E-state index is 12.2. The molecule has 1 fully saturated rings. The smallest absolute Gasteiger partial charge is 0.240 e. The number of benzene rings is 1. The molecule has 20 heavy (non-hydrogen) atoms. The van der Waals surface area contributed by atoms with Crippen LogP contribution in [-0.2, 0) is 16.4 Å². The maximum absolute atomic E-state index is 12.2. The van der Waals surface area contributed by atoms with Gasteiger partial charge in [0, 0.05) is 13.2 Å². The van der Waals surface area contributed by atoms with Crippen molar-refractivity contribution in [1.29, 1.82) is 0 Å². The first-order valence-corrected chi connectivity index (χ1v) is 8.70. The van der Waals surface area contributed by atoms with E-state index in [2.05, 4.69) is 11.6 Å². The summed E-state index contributed by atoms with van der Waals surface area (Å²) in [6.07, 6.45) is 4.05. The third kappa shape index (κ3) is 3.81. The third-order valence-corrected chi connectivity index (χ3v) is 5.65. The van der Waals surface area contributed by atoms with Crippen LogP contribution >= 0.6 is 0 Å². The number of sulfonamides is 1. The molecule has 0 bridgehead atoms. The van der Waals surface area contributed by atoms with Crippen LogP contribution in [0, 0.1) is 11.8 Å². The fourth-order valence-corrected chi connectivity index (χ4v) is 3.88. The number of aliphatic hydroxyl groups excluding tert-OH is 1. The molecule has 0 heterocycles. The molecule has 4 nitrogen and oxygen atoms in total. The van der Waals surface area contributed by atoms with Gasteiger partial charge in [-0.15, -0.1) is 0 Å². The monoisotopic (exact) mass is 297 g/mol. The van der Waals surface area contributed by atoms with E-state index in [1.54, 1.807) is 24.3 Å². The van der Waals surface area contributed by atoms with E-state index in [1.165, 1.54) is 12.8 Å². The summed E-state index contributed by atoms with van der Waals surface area (Å²) in [5.41, 5.74) is 0.941. The van der Waals surface area contributed by atoms with Crippen LogP contribution in [0.5, 0.6) is 0 Å². The molecule has 1 saturated carbocycles. The summed E-state index contributed by atoms with van der Waals surface area (Å²) in [5, 5.41) is 8.85. The van der Waals surface area contributed by atoms with Crippen molar-refractivity contribution < 1.29 is 13.5 Å². The van der Waals surface area contributed by atoms with E-state index in [0.717, 1.165) is 12.0 Å². The number of hydrogen-bond donors (Lipinski definition) is 2. The Morgan fingerprint density at radius 2 is 1.95 bits per heavy atom. The van der Waals surface area contributed by atoms with E-state index in [1.807, 2.05) is 0 Å². The molecule has 1 aromatic rings. The second-order valence-electron chi connectivity index (χ2n) is 5.64. The average molecular weight is 297 g/mol. The minimum Gasteiger partial charge on any atom is -0.396 e. The third-order valence-electron chi connectivity index (χ3n) is 4.21. The minimum absolute atomic E-state index is 0.0733. The molecule has 2 unspecified atom stereocenters. The summed E-state index contributed by atoms with van der Waals surface area (Å²) in [6, 6.07) is 6.71. The largest absolute Gasteiger partial charge is 0.396 e. The summed E-state index contributed by atoms with van der Waals surface area (Å²) in [5.74, 6) is 1.06. The lowest BCUT2D eigenvalue weighted by molar-refractivity contribution is 0.299. The molecule has 0 aliphatic heterocycles.